The van der Waals surface area contributed by atoms with Crippen LogP contribution in [0.1, 0.15) is 50.8 Å². The summed E-state index contributed by atoms with van der Waals surface area (Å²) in [5, 5.41) is 1.30. The molecular formula is C19H27IO3Si. The zero-order chi connectivity index (χ0) is 18.3. The molecule has 0 aliphatic carbocycles. The van der Waals surface area contributed by atoms with Crippen LogP contribution in [-0.4, -0.2) is 14.0 Å². The zero-order valence-corrected chi connectivity index (χ0v) is 18.6. The van der Waals surface area contributed by atoms with E-state index in [0.29, 0.717) is 6.42 Å². The molecule has 0 amide bonds. The first-order chi connectivity index (χ1) is 11.0. The number of ether oxygens (including phenoxy) is 1. The first-order valence-electron chi connectivity index (χ1n) is 8.32. The highest BCUT2D eigenvalue weighted by molar-refractivity contribution is 14.1. The molecular weight excluding hydrogens is 431 g/mol. The summed E-state index contributed by atoms with van der Waals surface area (Å²) in [6.07, 6.45) is 4.91. The maximum Gasteiger partial charge on any atom is 0.334 e. The first kappa shape index (κ1) is 19.5. The van der Waals surface area contributed by atoms with Crippen molar-refractivity contribution < 1.29 is 13.9 Å². The highest BCUT2D eigenvalue weighted by Crippen LogP contribution is 2.40. The van der Waals surface area contributed by atoms with Gasteiger partial charge in [-0.1, -0.05) is 39.9 Å². The number of carbonyl (C=O) groups excluding carboxylic acids is 1. The van der Waals surface area contributed by atoms with Crippen molar-refractivity contribution in [3.8, 4) is 0 Å². The number of halogens is 1. The molecule has 0 saturated heterocycles. The van der Waals surface area contributed by atoms with Gasteiger partial charge >= 0.3 is 5.97 Å². The summed E-state index contributed by atoms with van der Waals surface area (Å²) < 4.78 is 12.7. The van der Waals surface area contributed by atoms with Crippen molar-refractivity contribution in [2.75, 3.05) is 0 Å². The molecule has 2 rings (SSSR count). The van der Waals surface area contributed by atoms with Crippen molar-refractivity contribution in [3.05, 3.63) is 39.2 Å². The summed E-state index contributed by atoms with van der Waals surface area (Å²) >= 11 is 2.23. The number of cyclic esters (lactones) is 1. The topological polar surface area (TPSA) is 39.4 Å². The Bertz CT molecular complexity index is 692. The highest BCUT2D eigenvalue weighted by Gasteiger charge is 2.43. The molecule has 5 heteroatoms. The van der Waals surface area contributed by atoms with E-state index < -0.39 is 8.07 Å². The van der Waals surface area contributed by atoms with Crippen LogP contribution in [0.5, 0.6) is 0 Å². The molecule has 1 aromatic heterocycles. The summed E-state index contributed by atoms with van der Waals surface area (Å²) in [5.74, 6) is -0.216. The molecule has 0 radical (unpaired) electrons. The molecule has 1 aliphatic rings. The van der Waals surface area contributed by atoms with E-state index >= 15 is 0 Å². The van der Waals surface area contributed by atoms with E-state index in [-0.39, 0.29) is 17.1 Å². The maximum atomic E-state index is 12.1. The number of carbonyl (C=O) groups is 1. The Morgan fingerprint density at radius 1 is 1.38 bits per heavy atom. The normalized spacial score (nSPS) is 18.5. The average Bonchev–Trinajstić information content (AvgIpc) is 2.95. The summed E-state index contributed by atoms with van der Waals surface area (Å²) in [6, 6.07) is 0. The van der Waals surface area contributed by atoms with Crippen molar-refractivity contribution in [3.63, 3.8) is 0 Å². The van der Waals surface area contributed by atoms with Crippen molar-refractivity contribution in [1.82, 2.24) is 0 Å². The quantitative estimate of drug-likeness (QED) is 0.257. The van der Waals surface area contributed by atoms with E-state index in [4.69, 9.17) is 9.15 Å². The van der Waals surface area contributed by atoms with Crippen LogP contribution in [0.4, 0.5) is 0 Å². The van der Waals surface area contributed by atoms with Crippen LogP contribution in [0.15, 0.2) is 28.7 Å². The van der Waals surface area contributed by atoms with Crippen LogP contribution < -0.4 is 5.38 Å². The highest BCUT2D eigenvalue weighted by atomic mass is 127. The number of allylic oxidation sites excluding steroid dienone is 1. The Hall–Kier alpha value is -0.823. The van der Waals surface area contributed by atoms with Gasteiger partial charge in [-0.15, -0.1) is 6.58 Å². The van der Waals surface area contributed by atoms with Gasteiger partial charge in [-0.2, -0.15) is 0 Å². The predicted molar refractivity (Wildman–Crippen MR) is 109 cm³/mol. The Morgan fingerprint density at radius 3 is 2.54 bits per heavy atom. The van der Waals surface area contributed by atoms with Crippen LogP contribution in [0.3, 0.4) is 0 Å². The molecule has 0 aromatic carbocycles. The van der Waals surface area contributed by atoms with Gasteiger partial charge < -0.3 is 9.15 Å². The van der Waals surface area contributed by atoms with Gasteiger partial charge in [0, 0.05) is 28.2 Å². The molecule has 0 fully saturated rings. The van der Waals surface area contributed by atoms with E-state index in [1.807, 2.05) is 12.2 Å². The smallest absolute Gasteiger partial charge is 0.334 e. The molecule has 0 N–H and O–H groups in total. The number of esters is 1. The van der Waals surface area contributed by atoms with Gasteiger partial charge in [-0.3, -0.25) is 0 Å². The third-order valence-corrected chi connectivity index (χ3v) is 11.5. The lowest BCUT2D eigenvalue weighted by molar-refractivity contribution is -0.140. The second kappa shape index (κ2) is 6.82. The molecule has 132 valence electrons. The first-order valence-corrected chi connectivity index (χ1v) is 12.4. The third-order valence-electron chi connectivity index (χ3n) is 5.34. The summed E-state index contributed by atoms with van der Waals surface area (Å²) in [6.45, 7) is 17.3. The van der Waals surface area contributed by atoms with Crippen LogP contribution in [0, 0.1) is 10.7 Å². The summed E-state index contributed by atoms with van der Waals surface area (Å²) in [7, 11) is -1.79. The van der Waals surface area contributed by atoms with Crippen molar-refractivity contribution in [1.29, 1.82) is 0 Å². The van der Waals surface area contributed by atoms with Crippen molar-refractivity contribution in [2.45, 2.75) is 64.8 Å². The maximum absolute atomic E-state index is 12.1. The van der Waals surface area contributed by atoms with E-state index in [0.717, 1.165) is 32.3 Å². The Balaban J connectivity index is 2.42. The fourth-order valence-corrected chi connectivity index (χ4v) is 6.06. The van der Waals surface area contributed by atoms with E-state index in [2.05, 4.69) is 70.0 Å². The molecule has 2 heterocycles. The number of furan rings is 1. The van der Waals surface area contributed by atoms with Crippen LogP contribution >= 0.6 is 22.6 Å². The molecule has 0 saturated carbocycles. The largest absolute Gasteiger partial charge is 0.460 e. The van der Waals surface area contributed by atoms with E-state index in [9.17, 15) is 4.79 Å². The van der Waals surface area contributed by atoms with Gasteiger partial charge in [0.1, 0.15) is 8.07 Å². The van der Waals surface area contributed by atoms with Gasteiger partial charge in [-0.25, -0.2) is 4.79 Å². The van der Waals surface area contributed by atoms with Gasteiger partial charge in [0.25, 0.3) is 0 Å². The monoisotopic (exact) mass is 458 g/mol. The lowest BCUT2D eigenvalue weighted by Crippen LogP contribution is -2.50. The van der Waals surface area contributed by atoms with Gasteiger partial charge in [0.05, 0.1) is 10.9 Å². The molecule has 0 bridgehead atoms. The summed E-state index contributed by atoms with van der Waals surface area (Å²) in [5.41, 5.74) is 2.90. The lowest BCUT2D eigenvalue weighted by Gasteiger charge is -2.35. The Morgan fingerprint density at radius 2 is 2.00 bits per heavy atom. The van der Waals surface area contributed by atoms with Crippen molar-refractivity contribution >= 4 is 42.0 Å². The van der Waals surface area contributed by atoms with Crippen LogP contribution in [-0.2, 0) is 9.53 Å². The number of hydrogen-bond donors (Lipinski definition) is 0. The minimum atomic E-state index is -1.79. The fraction of sp³-hybridized carbons (Fsp3) is 0.526. The zero-order valence-electron chi connectivity index (χ0n) is 15.5. The van der Waals surface area contributed by atoms with E-state index in [1.54, 1.807) is 0 Å². The van der Waals surface area contributed by atoms with Crippen LogP contribution in [0.25, 0.3) is 0 Å². The standard InChI is InChI=1S/C19H27IO3Si/c1-8-9-10-13-11-14(22-17(13)21)15-12(2)18(23-16(15)20)24(6,7)19(3,4)5/h8,11,14H,1,9-10H2,2-7H3. The fourth-order valence-electron chi connectivity index (χ4n) is 2.81. The van der Waals surface area contributed by atoms with Crippen molar-refractivity contribution in [2.24, 2.45) is 0 Å². The molecule has 24 heavy (non-hydrogen) atoms. The lowest BCUT2D eigenvalue weighted by atomic mass is 10.1. The molecule has 1 aromatic rings. The average molecular weight is 458 g/mol. The van der Waals surface area contributed by atoms with Gasteiger partial charge in [-0.05, 0) is 36.4 Å². The van der Waals surface area contributed by atoms with Gasteiger partial charge in [0.15, 0.2) is 9.87 Å². The Labute approximate surface area is 159 Å². The minimum Gasteiger partial charge on any atom is -0.460 e. The molecule has 3 nitrogen and oxygen atoms in total. The summed E-state index contributed by atoms with van der Waals surface area (Å²) in [4.78, 5) is 12.1. The molecule has 1 atom stereocenters. The molecule has 1 aliphatic heterocycles. The SMILES string of the molecule is C=CCCC1=CC(c2c(I)oc([Si](C)(C)C(C)(C)C)c2C)OC1=O. The number of hydrogen-bond acceptors (Lipinski definition) is 3. The molecule has 0 spiro atoms. The second-order valence-electron chi connectivity index (χ2n) is 7.96. The minimum absolute atomic E-state index is 0.188. The number of rotatable bonds is 5. The molecule has 1 unspecified atom stereocenters. The second-order valence-corrected chi connectivity index (χ2v) is 14.1. The van der Waals surface area contributed by atoms with Crippen LogP contribution in [0.2, 0.25) is 18.1 Å². The predicted octanol–water partition coefficient (Wildman–Crippen LogP) is 5.40. The third kappa shape index (κ3) is 3.42. The Kier molecular flexibility index (Phi) is 5.54. The van der Waals surface area contributed by atoms with Gasteiger partial charge in [0.2, 0.25) is 0 Å². The van der Waals surface area contributed by atoms with E-state index in [1.165, 1.54) is 0 Å².